The highest BCUT2D eigenvalue weighted by Crippen LogP contribution is 2.10. The van der Waals surface area contributed by atoms with Gasteiger partial charge >= 0.3 is 0 Å². The van der Waals surface area contributed by atoms with Crippen molar-refractivity contribution in [3.8, 4) is 6.07 Å². The molecule has 0 aliphatic heterocycles. The predicted molar refractivity (Wildman–Crippen MR) is 80.9 cm³/mol. The van der Waals surface area contributed by atoms with Gasteiger partial charge in [0.2, 0.25) is 0 Å². The average molecular weight is 280 g/mol. The summed E-state index contributed by atoms with van der Waals surface area (Å²) in [5.41, 5.74) is -0.0748. The van der Waals surface area contributed by atoms with Gasteiger partial charge in [-0.05, 0) is 19.8 Å². The van der Waals surface area contributed by atoms with Gasteiger partial charge in [0.1, 0.15) is 17.9 Å². The first-order chi connectivity index (χ1) is 9.65. The summed E-state index contributed by atoms with van der Waals surface area (Å²) in [5.74, 6) is -0.436. The molecule has 20 heavy (non-hydrogen) atoms. The highest BCUT2D eigenvalue weighted by atomic mass is 16.5. The molecule has 114 valence electrons. The van der Waals surface area contributed by atoms with E-state index in [-0.39, 0.29) is 11.8 Å². The third-order valence-electron chi connectivity index (χ3n) is 3.14. The number of nitrogens with zero attached hydrogens (tertiary/aromatic N) is 1. The van der Waals surface area contributed by atoms with Crippen LogP contribution >= 0.6 is 0 Å². The number of ether oxygens (including phenoxy) is 1. The summed E-state index contributed by atoms with van der Waals surface area (Å²) in [5, 5.41) is 11.3. The van der Waals surface area contributed by atoms with Crippen molar-refractivity contribution in [3.63, 3.8) is 0 Å². The Bertz CT molecular complexity index is 321. The number of hydrogen-bond donors (Lipinski definition) is 1. The van der Waals surface area contributed by atoms with Gasteiger partial charge in [-0.3, -0.25) is 4.79 Å². The molecule has 0 aliphatic carbocycles. The lowest BCUT2D eigenvalue weighted by Gasteiger charge is -2.18. The fraction of sp³-hybridized carbons (Fsp3) is 0.750. The van der Waals surface area contributed by atoms with Crippen LogP contribution in [0.25, 0.3) is 0 Å². The number of rotatable bonds is 12. The predicted octanol–water partition coefficient (Wildman–Crippen LogP) is 3.69. The Labute approximate surface area is 123 Å². The van der Waals surface area contributed by atoms with E-state index in [1.807, 2.05) is 6.92 Å². The summed E-state index contributed by atoms with van der Waals surface area (Å²) >= 11 is 0. The van der Waals surface area contributed by atoms with E-state index in [9.17, 15) is 4.79 Å². The number of amides is 1. The first-order valence-electron chi connectivity index (χ1n) is 7.67. The van der Waals surface area contributed by atoms with Crippen LogP contribution < -0.4 is 5.32 Å². The fourth-order valence-corrected chi connectivity index (χ4v) is 1.97. The minimum Gasteiger partial charge on any atom is -0.359 e. The molecule has 0 aromatic rings. The maximum atomic E-state index is 11.6. The highest BCUT2D eigenvalue weighted by molar-refractivity contribution is 5.96. The fourth-order valence-electron chi connectivity index (χ4n) is 1.97. The van der Waals surface area contributed by atoms with Crippen LogP contribution in [0.2, 0.25) is 0 Å². The molecule has 0 aliphatic rings. The van der Waals surface area contributed by atoms with E-state index >= 15 is 0 Å². The smallest absolute Gasteiger partial charge is 0.263 e. The Morgan fingerprint density at radius 3 is 2.35 bits per heavy atom. The van der Waals surface area contributed by atoms with Crippen LogP contribution in [0, 0.1) is 11.3 Å². The van der Waals surface area contributed by atoms with Crippen LogP contribution in [0.1, 0.15) is 65.2 Å². The lowest BCUT2D eigenvalue weighted by atomic mass is 10.1. The summed E-state index contributed by atoms with van der Waals surface area (Å²) in [6.07, 6.45) is 9.06. The molecule has 4 nitrogen and oxygen atoms in total. The van der Waals surface area contributed by atoms with Crippen LogP contribution in [-0.4, -0.2) is 18.7 Å². The molecule has 0 heterocycles. The second kappa shape index (κ2) is 12.7. The minimum atomic E-state index is -0.436. The molecule has 1 unspecified atom stereocenters. The quantitative estimate of drug-likeness (QED) is 0.257. The Hall–Kier alpha value is -1.34. The van der Waals surface area contributed by atoms with Crippen molar-refractivity contribution in [1.29, 1.82) is 5.26 Å². The van der Waals surface area contributed by atoms with Gasteiger partial charge in [0.25, 0.3) is 5.91 Å². The molecular weight excluding hydrogens is 252 g/mol. The summed E-state index contributed by atoms with van der Waals surface area (Å²) in [6, 6.07) is 1.75. The van der Waals surface area contributed by atoms with Crippen molar-refractivity contribution in [2.75, 3.05) is 6.61 Å². The van der Waals surface area contributed by atoms with E-state index in [1.165, 1.54) is 32.1 Å². The maximum Gasteiger partial charge on any atom is 0.263 e. The minimum absolute atomic E-state index is 0.0748. The number of nitrogens with one attached hydrogen (secondary N) is 1. The van der Waals surface area contributed by atoms with Crippen molar-refractivity contribution in [1.82, 2.24) is 5.32 Å². The van der Waals surface area contributed by atoms with Crippen LogP contribution in [-0.2, 0) is 9.53 Å². The lowest BCUT2D eigenvalue weighted by Crippen LogP contribution is -2.37. The highest BCUT2D eigenvalue weighted by Gasteiger charge is 2.13. The van der Waals surface area contributed by atoms with Crippen molar-refractivity contribution in [3.05, 3.63) is 12.2 Å². The molecule has 0 fully saturated rings. The van der Waals surface area contributed by atoms with E-state index in [4.69, 9.17) is 10.00 Å². The molecule has 0 bridgehead atoms. The first-order valence-corrected chi connectivity index (χ1v) is 7.67. The molecule has 4 heteroatoms. The molecule has 0 aromatic heterocycles. The standard InChI is InChI=1S/C16H28N2O2/c1-4-6-7-8-9-10-11-12-15(20-5-2)18-16(19)14(3)13-17/h15H,3-12H2,1-2H3,(H,18,19). The Balaban J connectivity index is 3.83. The molecule has 1 N–H and O–H groups in total. The number of unbranched alkanes of at least 4 members (excludes halogenated alkanes) is 6. The summed E-state index contributed by atoms with van der Waals surface area (Å²) < 4.78 is 5.47. The third-order valence-corrected chi connectivity index (χ3v) is 3.14. The molecule has 0 saturated carbocycles. The topological polar surface area (TPSA) is 62.1 Å². The molecule has 0 radical (unpaired) electrons. The summed E-state index contributed by atoms with van der Waals surface area (Å²) in [4.78, 5) is 11.6. The van der Waals surface area contributed by atoms with Crippen LogP contribution in [0.15, 0.2) is 12.2 Å². The van der Waals surface area contributed by atoms with Crippen molar-refractivity contribution in [2.24, 2.45) is 0 Å². The zero-order chi connectivity index (χ0) is 15.2. The Morgan fingerprint density at radius 2 is 1.80 bits per heavy atom. The zero-order valence-corrected chi connectivity index (χ0v) is 12.9. The van der Waals surface area contributed by atoms with E-state index in [0.717, 1.165) is 19.3 Å². The van der Waals surface area contributed by atoms with Crippen LogP contribution in [0.4, 0.5) is 0 Å². The molecule has 0 saturated heterocycles. The van der Waals surface area contributed by atoms with Gasteiger partial charge in [-0.1, -0.05) is 52.0 Å². The molecular formula is C16H28N2O2. The monoisotopic (exact) mass is 280 g/mol. The van der Waals surface area contributed by atoms with E-state index in [0.29, 0.717) is 6.61 Å². The van der Waals surface area contributed by atoms with Crippen molar-refractivity contribution >= 4 is 5.91 Å². The van der Waals surface area contributed by atoms with Crippen molar-refractivity contribution < 1.29 is 9.53 Å². The van der Waals surface area contributed by atoms with Gasteiger partial charge in [0.15, 0.2) is 0 Å². The zero-order valence-electron chi connectivity index (χ0n) is 12.9. The largest absolute Gasteiger partial charge is 0.359 e. The molecule has 1 amide bonds. The van der Waals surface area contributed by atoms with Crippen LogP contribution in [0.5, 0.6) is 0 Å². The Kier molecular flexibility index (Phi) is 11.8. The lowest BCUT2D eigenvalue weighted by molar-refractivity contribution is -0.121. The number of carbonyl (C=O) groups excluding carboxylic acids is 1. The molecule has 0 spiro atoms. The van der Waals surface area contributed by atoms with Gasteiger partial charge in [0.05, 0.1) is 0 Å². The van der Waals surface area contributed by atoms with Gasteiger partial charge < -0.3 is 10.1 Å². The van der Waals surface area contributed by atoms with Crippen LogP contribution in [0.3, 0.4) is 0 Å². The molecule has 0 aromatic carbocycles. The summed E-state index contributed by atoms with van der Waals surface area (Å²) in [6.45, 7) is 8.04. The van der Waals surface area contributed by atoms with E-state index < -0.39 is 5.91 Å². The number of hydrogen-bond acceptors (Lipinski definition) is 3. The molecule has 0 rings (SSSR count). The normalized spacial score (nSPS) is 11.7. The first kappa shape index (κ1) is 18.7. The van der Waals surface area contributed by atoms with E-state index in [1.54, 1.807) is 6.07 Å². The maximum absolute atomic E-state index is 11.6. The number of nitriles is 1. The van der Waals surface area contributed by atoms with E-state index in [2.05, 4.69) is 18.8 Å². The summed E-state index contributed by atoms with van der Waals surface area (Å²) in [7, 11) is 0. The number of carbonyl (C=O) groups is 1. The van der Waals surface area contributed by atoms with Gasteiger partial charge in [-0.25, -0.2) is 0 Å². The van der Waals surface area contributed by atoms with Gasteiger partial charge in [-0.2, -0.15) is 5.26 Å². The molecule has 1 atom stereocenters. The second-order valence-electron chi connectivity index (χ2n) is 4.92. The average Bonchev–Trinajstić information content (AvgIpc) is 2.45. The Morgan fingerprint density at radius 1 is 1.20 bits per heavy atom. The van der Waals surface area contributed by atoms with Gasteiger partial charge in [-0.15, -0.1) is 0 Å². The second-order valence-corrected chi connectivity index (χ2v) is 4.92. The third kappa shape index (κ3) is 9.57. The SMILES string of the molecule is C=C(C#N)C(=O)NC(CCCCCCCCC)OCC. The van der Waals surface area contributed by atoms with Gasteiger partial charge in [0, 0.05) is 6.61 Å². The van der Waals surface area contributed by atoms with Crippen molar-refractivity contribution in [2.45, 2.75) is 71.4 Å².